The molecule has 0 atom stereocenters. The summed E-state index contributed by atoms with van der Waals surface area (Å²) in [6.45, 7) is 0. The van der Waals surface area contributed by atoms with E-state index in [2.05, 4.69) is 21.9 Å². The number of nitrogens with one attached hydrogen (secondary N) is 2. The molecule has 0 saturated carbocycles. The number of nitriles is 1. The van der Waals surface area contributed by atoms with E-state index in [9.17, 15) is 24.4 Å². The molecule has 214 valence electrons. The van der Waals surface area contributed by atoms with Crippen LogP contribution < -0.4 is 20.2 Å². The molecular formula is C32H24N4O6S. The normalized spacial score (nSPS) is 12.1. The van der Waals surface area contributed by atoms with E-state index < -0.39 is 23.8 Å². The van der Waals surface area contributed by atoms with Gasteiger partial charge in [0.25, 0.3) is 0 Å². The Balaban J connectivity index is 1.30. The van der Waals surface area contributed by atoms with Crippen molar-refractivity contribution >= 4 is 46.3 Å². The summed E-state index contributed by atoms with van der Waals surface area (Å²) < 4.78 is 11.0. The van der Waals surface area contributed by atoms with Crippen LogP contribution in [0.5, 0.6) is 11.5 Å². The maximum Gasteiger partial charge on any atom is 0.343 e. The topological polar surface area (TPSA) is 147 Å². The second-order valence-corrected chi connectivity index (χ2v) is 10.5. The number of aryl methyl sites for hydroxylation is 1. The predicted octanol–water partition coefficient (Wildman–Crippen LogP) is 5.03. The average Bonchev–Trinajstić information content (AvgIpc) is 3.39. The van der Waals surface area contributed by atoms with Gasteiger partial charge in [-0.25, -0.2) is 15.0 Å². The van der Waals surface area contributed by atoms with Gasteiger partial charge < -0.3 is 14.8 Å². The first-order valence-corrected chi connectivity index (χ1v) is 14.1. The van der Waals surface area contributed by atoms with E-state index in [1.807, 2.05) is 0 Å². The Labute approximate surface area is 250 Å². The van der Waals surface area contributed by atoms with Crippen LogP contribution in [0.25, 0.3) is 0 Å². The monoisotopic (exact) mass is 592 g/mol. The number of fused-ring (bicyclic) bond motifs is 1. The van der Waals surface area contributed by atoms with Crippen LogP contribution >= 0.6 is 11.3 Å². The van der Waals surface area contributed by atoms with Crippen molar-refractivity contribution in [1.82, 2.24) is 5.43 Å². The number of carbonyl (C=O) groups is 4. The summed E-state index contributed by atoms with van der Waals surface area (Å²) in [4.78, 5) is 51.4. The lowest BCUT2D eigenvalue weighted by Gasteiger charge is -2.10. The second-order valence-electron chi connectivity index (χ2n) is 9.39. The third-order valence-electron chi connectivity index (χ3n) is 6.50. The number of hydrogen-bond acceptors (Lipinski definition) is 9. The van der Waals surface area contributed by atoms with Crippen LogP contribution in [0.2, 0.25) is 0 Å². The fraction of sp³-hybridized carbons (Fsp3) is 0.125. The standard InChI is InChI=1S/C32H24N4O6S/c33-18-25-24-13-7-8-14-27(24)43-30(25)35-28(37)29(38)36-34-19-22-15-16-23(41-31(39)20-9-3-1-4-10-20)17-26(22)42-32(40)21-11-5-2-6-12-21/h1-6,9-12,15-17,19H,7-8,13-14H2,(H,35,37)(H,36,38). The van der Waals surface area contributed by atoms with Crippen molar-refractivity contribution in [3.63, 3.8) is 0 Å². The summed E-state index contributed by atoms with van der Waals surface area (Å²) in [6.07, 6.45) is 4.78. The molecule has 3 aromatic carbocycles. The molecule has 0 bridgehead atoms. The van der Waals surface area contributed by atoms with Crippen molar-refractivity contribution in [2.75, 3.05) is 5.32 Å². The highest BCUT2D eigenvalue weighted by Crippen LogP contribution is 2.37. The molecule has 1 aromatic heterocycles. The number of rotatable bonds is 7. The number of thiophene rings is 1. The van der Waals surface area contributed by atoms with E-state index in [0.717, 1.165) is 36.1 Å². The Kier molecular flexibility index (Phi) is 8.99. The highest BCUT2D eigenvalue weighted by Gasteiger charge is 2.24. The summed E-state index contributed by atoms with van der Waals surface area (Å²) >= 11 is 1.31. The molecule has 0 radical (unpaired) electrons. The number of ether oxygens (including phenoxy) is 2. The molecule has 10 nitrogen and oxygen atoms in total. The van der Waals surface area contributed by atoms with Gasteiger partial charge >= 0.3 is 23.8 Å². The summed E-state index contributed by atoms with van der Waals surface area (Å²) in [5.41, 5.74) is 4.34. The first kappa shape index (κ1) is 28.9. The number of hydrogen-bond donors (Lipinski definition) is 2. The molecule has 4 aromatic rings. The van der Waals surface area contributed by atoms with Crippen LogP contribution in [0.3, 0.4) is 0 Å². The molecule has 1 aliphatic rings. The van der Waals surface area contributed by atoms with Crippen LogP contribution in [0.4, 0.5) is 5.00 Å². The SMILES string of the molecule is N#Cc1c(NC(=O)C(=O)NN=Cc2ccc(OC(=O)c3ccccc3)cc2OC(=O)c2ccccc2)sc2c1CCCC2. The van der Waals surface area contributed by atoms with Gasteiger partial charge in [0.1, 0.15) is 22.6 Å². The zero-order valence-corrected chi connectivity index (χ0v) is 23.5. The van der Waals surface area contributed by atoms with E-state index in [0.29, 0.717) is 16.1 Å². The predicted molar refractivity (Wildman–Crippen MR) is 159 cm³/mol. The Morgan fingerprint density at radius 3 is 2.16 bits per heavy atom. The minimum absolute atomic E-state index is 0.00232. The number of nitrogens with zero attached hydrogens (tertiary/aromatic N) is 2. The lowest BCUT2D eigenvalue weighted by molar-refractivity contribution is -0.136. The van der Waals surface area contributed by atoms with E-state index in [-0.39, 0.29) is 22.6 Å². The molecule has 1 aliphatic carbocycles. The van der Waals surface area contributed by atoms with Crippen molar-refractivity contribution in [3.05, 3.63) is 112 Å². The third kappa shape index (κ3) is 7.01. The summed E-state index contributed by atoms with van der Waals surface area (Å²) in [6, 6.07) is 23.1. The third-order valence-corrected chi connectivity index (χ3v) is 7.71. The Morgan fingerprint density at radius 2 is 1.49 bits per heavy atom. The van der Waals surface area contributed by atoms with Crippen LogP contribution in [0, 0.1) is 11.3 Å². The molecule has 2 amide bonds. The second kappa shape index (κ2) is 13.4. The van der Waals surface area contributed by atoms with Gasteiger partial charge in [0.15, 0.2) is 0 Å². The van der Waals surface area contributed by atoms with E-state index >= 15 is 0 Å². The minimum atomic E-state index is -1.05. The first-order valence-electron chi connectivity index (χ1n) is 13.3. The van der Waals surface area contributed by atoms with E-state index in [1.165, 1.54) is 35.8 Å². The zero-order valence-electron chi connectivity index (χ0n) is 22.7. The van der Waals surface area contributed by atoms with Crippen molar-refractivity contribution in [2.24, 2.45) is 5.10 Å². The number of carbonyl (C=O) groups excluding carboxylic acids is 4. The highest BCUT2D eigenvalue weighted by molar-refractivity contribution is 7.16. The zero-order chi connectivity index (χ0) is 30.2. The first-order chi connectivity index (χ1) is 20.9. The van der Waals surface area contributed by atoms with Gasteiger partial charge in [-0.1, -0.05) is 36.4 Å². The fourth-order valence-electron chi connectivity index (χ4n) is 4.39. The number of benzene rings is 3. The Morgan fingerprint density at radius 1 is 0.837 bits per heavy atom. The Bertz CT molecular complexity index is 1760. The van der Waals surface area contributed by atoms with Crippen LogP contribution in [0.1, 0.15) is 55.1 Å². The van der Waals surface area contributed by atoms with Gasteiger partial charge in [-0.05, 0) is 67.6 Å². The molecule has 0 fully saturated rings. The average molecular weight is 593 g/mol. The fourth-order valence-corrected chi connectivity index (χ4v) is 5.62. The molecule has 2 N–H and O–H groups in total. The van der Waals surface area contributed by atoms with E-state index in [4.69, 9.17) is 9.47 Å². The maximum atomic E-state index is 12.8. The molecule has 11 heteroatoms. The lowest BCUT2D eigenvalue weighted by atomic mass is 9.96. The van der Waals surface area contributed by atoms with E-state index in [1.54, 1.807) is 60.7 Å². The van der Waals surface area contributed by atoms with Crippen LogP contribution in [-0.4, -0.2) is 30.0 Å². The van der Waals surface area contributed by atoms with Crippen LogP contribution in [0.15, 0.2) is 84.0 Å². The smallest absolute Gasteiger partial charge is 0.343 e. The Hall–Kier alpha value is -5.60. The van der Waals surface area contributed by atoms with Gasteiger partial charge in [-0.15, -0.1) is 11.3 Å². The van der Waals surface area contributed by atoms with Crippen LogP contribution in [-0.2, 0) is 22.4 Å². The largest absolute Gasteiger partial charge is 0.423 e. The maximum absolute atomic E-state index is 12.8. The molecule has 0 spiro atoms. The molecule has 5 rings (SSSR count). The minimum Gasteiger partial charge on any atom is -0.423 e. The van der Waals surface area contributed by atoms with Crippen molar-refractivity contribution in [3.8, 4) is 17.6 Å². The number of amides is 2. The van der Waals surface area contributed by atoms with Gasteiger partial charge in [-0.2, -0.15) is 10.4 Å². The number of esters is 2. The molecule has 0 aliphatic heterocycles. The molecule has 0 unspecified atom stereocenters. The summed E-state index contributed by atoms with van der Waals surface area (Å²) in [5, 5.41) is 16.3. The number of anilines is 1. The molecule has 43 heavy (non-hydrogen) atoms. The quantitative estimate of drug-likeness (QED) is 0.101. The lowest BCUT2D eigenvalue weighted by Crippen LogP contribution is -2.32. The number of hydrazone groups is 1. The molecule has 1 heterocycles. The van der Waals surface area contributed by atoms with Gasteiger partial charge in [0.2, 0.25) is 0 Å². The highest BCUT2D eigenvalue weighted by atomic mass is 32.1. The van der Waals surface area contributed by atoms with Gasteiger partial charge in [0.05, 0.1) is 22.9 Å². The van der Waals surface area contributed by atoms with Gasteiger partial charge in [-0.3, -0.25) is 9.59 Å². The summed E-state index contributed by atoms with van der Waals surface area (Å²) in [5.74, 6) is -3.20. The molecule has 0 saturated heterocycles. The molecular weight excluding hydrogens is 568 g/mol. The van der Waals surface area contributed by atoms with Crippen molar-refractivity contribution < 1.29 is 28.7 Å². The van der Waals surface area contributed by atoms with Crippen molar-refractivity contribution in [1.29, 1.82) is 5.26 Å². The summed E-state index contributed by atoms with van der Waals surface area (Å²) in [7, 11) is 0. The van der Waals surface area contributed by atoms with Crippen molar-refractivity contribution in [2.45, 2.75) is 25.7 Å². The van der Waals surface area contributed by atoms with Gasteiger partial charge in [0, 0.05) is 16.5 Å².